The molecule has 0 rings (SSSR count). The summed E-state index contributed by atoms with van der Waals surface area (Å²) in [6.45, 7) is 3.53. The van der Waals surface area contributed by atoms with Gasteiger partial charge in [0.25, 0.3) is 0 Å². The Morgan fingerprint density at radius 3 is 2.71 bits per heavy atom. The predicted molar refractivity (Wildman–Crippen MR) is 37.7 cm³/mol. The van der Waals surface area contributed by atoms with E-state index in [1.54, 1.807) is 6.08 Å². The van der Waals surface area contributed by atoms with E-state index >= 15 is 0 Å². The summed E-state index contributed by atoms with van der Waals surface area (Å²) in [7, 11) is 0. The molecule has 0 heterocycles. The van der Waals surface area contributed by atoms with Crippen molar-refractivity contribution in [1.82, 2.24) is 0 Å². The molecule has 0 N–H and O–H groups in total. The van der Waals surface area contributed by atoms with Crippen molar-refractivity contribution in [3.63, 3.8) is 0 Å². The Labute approximate surface area is 53.1 Å². The molecule has 0 bridgehead atoms. The molecule has 0 saturated heterocycles. The minimum Gasteiger partial charge on any atom is -0.0991 e. The van der Waals surface area contributed by atoms with Crippen LogP contribution >= 0.6 is 15.9 Å². The number of allylic oxidation sites excluding steroid dienone is 3. The fourth-order valence-corrected chi connectivity index (χ4v) is 0.520. The van der Waals surface area contributed by atoms with Gasteiger partial charge in [0.15, 0.2) is 0 Å². The van der Waals surface area contributed by atoms with Crippen LogP contribution in [0.4, 0.5) is 0 Å². The smallest absolute Gasteiger partial charge is 0.00660 e. The zero-order valence-corrected chi connectivity index (χ0v) is 5.82. The average Bonchev–Trinajstić information content (AvgIpc) is 1.69. The molecule has 0 aliphatic carbocycles. The fourth-order valence-electron chi connectivity index (χ4n) is 0.255. The van der Waals surface area contributed by atoms with Crippen LogP contribution in [0.3, 0.4) is 0 Å². The van der Waals surface area contributed by atoms with E-state index < -0.39 is 0 Å². The highest BCUT2D eigenvalue weighted by Gasteiger charge is 1.67. The van der Waals surface area contributed by atoms with E-state index in [0.717, 1.165) is 11.8 Å². The van der Waals surface area contributed by atoms with Crippen LogP contribution in [0.1, 0.15) is 6.42 Å². The topological polar surface area (TPSA) is 0 Å². The van der Waals surface area contributed by atoms with E-state index in [9.17, 15) is 0 Å². The Hall–Kier alpha value is -0.0400. The highest BCUT2D eigenvalue weighted by molar-refractivity contribution is 9.09. The lowest BCUT2D eigenvalue weighted by Gasteiger charge is -1.75. The summed E-state index contributed by atoms with van der Waals surface area (Å²) in [4.78, 5) is 0. The van der Waals surface area contributed by atoms with E-state index in [2.05, 4.69) is 28.6 Å². The number of hydrogen-bond acceptors (Lipinski definition) is 0. The Bertz CT molecular complexity index is 64.6. The normalized spacial score (nSPS) is 9.86. The minimum absolute atomic E-state index is 1.04. The Morgan fingerprint density at radius 1 is 1.57 bits per heavy atom. The van der Waals surface area contributed by atoms with E-state index in [0.29, 0.717) is 0 Å². The minimum atomic E-state index is 1.04. The van der Waals surface area contributed by atoms with Gasteiger partial charge in [-0.15, -0.1) is 0 Å². The summed E-state index contributed by atoms with van der Waals surface area (Å²) < 4.78 is 0. The molecular formula is C6H9Br. The van der Waals surface area contributed by atoms with Crippen LogP contribution in [0.5, 0.6) is 0 Å². The van der Waals surface area contributed by atoms with E-state index in [1.807, 2.05) is 6.08 Å². The van der Waals surface area contributed by atoms with Crippen molar-refractivity contribution in [2.24, 2.45) is 0 Å². The van der Waals surface area contributed by atoms with Gasteiger partial charge >= 0.3 is 0 Å². The molecule has 7 heavy (non-hydrogen) atoms. The lowest BCUT2D eigenvalue weighted by atomic mass is 10.4. The van der Waals surface area contributed by atoms with Crippen LogP contribution in [-0.4, -0.2) is 5.33 Å². The van der Waals surface area contributed by atoms with Gasteiger partial charge in [-0.25, -0.2) is 0 Å². The van der Waals surface area contributed by atoms with Crippen molar-refractivity contribution >= 4 is 15.9 Å². The molecule has 40 valence electrons. The maximum absolute atomic E-state index is 3.53. The molecular weight excluding hydrogens is 152 g/mol. The standard InChI is InChI=1S/C6H9Br/c1-2-3-4-5-6-7/h2-4H,1,5-6H2/b4-3-. The summed E-state index contributed by atoms with van der Waals surface area (Å²) in [5, 5.41) is 1.04. The van der Waals surface area contributed by atoms with Gasteiger partial charge in [-0.1, -0.05) is 40.7 Å². The number of rotatable bonds is 3. The van der Waals surface area contributed by atoms with E-state index in [-0.39, 0.29) is 0 Å². The largest absolute Gasteiger partial charge is 0.0991 e. The first kappa shape index (κ1) is 6.96. The molecule has 0 saturated carbocycles. The molecule has 0 aromatic heterocycles. The second-order valence-corrected chi connectivity index (χ2v) is 1.93. The highest BCUT2D eigenvalue weighted by Crippen LogP contribution is 1.87. The zero-order chi connectivity index (χ0) is 5.54. The molecule has 0 fully saturated rings. The summed E-state index contributed by atoms with van der Waals surface area (Å²) in [6.07, 6.45) is 6.89. The second-order valence-electron chi connectivity index (χ2n) is 1.14. The van der Waals surface area contributed by atoms with Gasteiger partial charge in [0.1, 0.15) is 0 Å². The van der Waals surface area contributed by atoms with Crippen LogP contribution in [0, 0.1) is 0 Å². The number of hydrogen-bond donors (Lipinski definition) is 0. The maximum Gasteiger partial charge on any atom is 0.00660 e. The Morgan fingerprint density at radius 2 is 2.29 bits per heavy atom. The van der Waals surface area contributed by atoms with Crippen molar-refractivity contribution < 1.29 is 0 Å². The summed E-state index contributed by atoms with van der Waals surface area (Å²) in [5.41, 5.74) is 0. The van der Waals surface area contributed by atoms with Crippen LogP contribution in [-0.2, 0) is 0 Å². The molecule has 0 spiro atoms. The van der Waals surface area contributed by atoms with Gasteiger partial charge in [-0.05, 0) is 6.42 Å². The second kappa shape index (κ2) is 5.96. The molecule has 0 aromatic rings. The fraction of sp³-hybridized carbons (Fsp3) is 0.333. The number of halogens is 1. The first-order valence-electron chi connectivity index (χ1n) is 2.25. The third-order valence-electron chi connectivity index (χ3n) is 0.548. The molecule has 0 amide bonds. The van der Waals surface area contributed by atoms with Gasteiger partial charge < -0.3 is 0 Å². The SMILES string of the molecule is C=C/C=C\CCBr. The molecule has 0 nitrogen and oxygen atoms in total. The Kier molecular flexibility index (Phi) is 5.93. The Balaban J connectivity index is 2.92. The van der Waals surface area contributed by atoms with Crippen molar-refractivity contribution in [1.29, 1.82) is 0 Å². The molecule has 0 aromatic carbocycles. The quantitative estimate of drug-likeness (QED) is 0.440. The van der Waals surface area contributed by atoms with Crippen LogP contribution in [0.2, 0.25) is 0 Å². The van der Waals surface area contributed by atoms with Crippen LogP contribution < -0.4 is 0 Å². The average molecular weight is 161 g/mol. The van der Waals surface area contributed by atoms with Crippen molar-refractivity contribution in [2.75, 3.05) is 5.33 Å². The van der Waals surface area contributed by atoms with Crippen molar-refractivity contribution in [3.05, 3.63) is 24.8 Å². The molecule has 0 aliphatic heterocycles. The van der Waals surface area contributed by atoms with Crippen LogP contribution in [0.15, 0.2) is 24.8 Å². The lowest BCUT2D eigenvalue weighted by molar-refractivity contribution is 1.26. The van der Waals surface area contributed by atoms with Crippen LogP contribution in [0.25, 0.3) is 0 Å². The summed E-state index contributed by atoms with van der Waals surface area (Å²) >= 11 is 3.29. The van der Waals surface area contributed by atoms with Gasteiger partial charge in [-0.2, -0.15) is 0 Å². The van der Waals surface area contributed by atoms with Gasteiger partial charge in [0.05, 0.1) is 0 Å². The maximum atomic E-state index is 3.53. The van der Waals surface area contributed by atoms with E-state index in [1.165, 1.54) is 0 Å². The molecule has 0 radical (unpaired) electrons. The first-order chi connectivity index (χ1) is 3.41. The highest BCUT2D eigenvalue weighted by atomic mass is 79.9. The molecule has 0 atom stereocenters. The van der Waals surface area contributed by atoms with Gasteiger partial charge in [-0.3, -0.25) is 0 Å². The number of alkyl halides is 1. The predicted octanol–water partition coefficient (Wildman–Crippen LogP) is 2.51. The summed E-state index contributed by atoms with van der Waals surface area (Å²) in [6, 6.07) is 0. The monoisotopic (exact) mass is 160 g/mol. The van der Waals surface area contributed by atoms with Gasteiger partial charge in [0.2, 0.25) is 0 Å². The third-order valence-corrected chi connectivity index (χ3v) is 1.01. The van der Waals surface area contributed by atoms with E-state index in [4.69, 9.17) is 0 Å². The molecule has 1 heteroatoms. The van der Waals surface area contributed by atoms with Crippen molar-refractivity contribution in [2.45, 2.75) is 6.42 Å². The molecule has 0 aliphatic rings. The van der Waals surface area contributed by atoms with Crippen molar-refractivity contribution in [3.8, 4) is 0 Å². The first-order valence-corrected chi connectivity index (χ1v) is 3.37. The zero-order valence-electron chi connectivity index (χ0n) is 4.23. The third kappa shape index (κ3) is 5.96. The van der Waals surface area contributed by atoms with Gasteiger partial charge in [0, 0.05) is 5.33 Å². The lowest BCUT2D eigenvalue weighted by Crippen LogP contribution is -1.61. The summed E-state index contributed by atoms with van der Waals surface area (Å²) in [5.74, 6) is 0. The molecule has 0 unspecified atom stereocenters.